The Hall–Kier alpha value is -3.62. The largest absolute Gasteiger partial charge is 0.493 e. The van der Waals surface area contributed by atoms with E-state index in [1.54, 1.807) is 6.92 Å². The number of hydrogen-bond acceptors (Lipinski definition) is 7. The third-order valence-electron chi connectivity index (χ3n) is 4.29. The number of carbonyl (C=O) groups is 2. The van der Waals surface area contributed by atoms with Gasteiger partial charge >= 0.3 is 5.97 Å². The summed E-state index contributed by atoms with van der Waals surface area (Å²) < 4.78 is 15.0. The highest BCUT2D eigenvalue weighted by Crippen LogP contribution is 2.34. The SMILES string of the molecule is COc1cc(C(=O)OCC(=O)NC(C)c2ccccc2C)c([N+](=O)[O-])cc1OC. The standard InChI is InChI=1S/C20H22N2O7/c1-12-7-5-6-8-14(12)13(2)21-19(23)11-29-20(24)15-9-17(27-3)18(28-4)10-16(15)22(25)26/h5-10,13H,11H2,1-4H3,(H,21,23). The Morgan fingerprint density at radius 2 is 1.76 bits per heavy atom. The normalized spacial score (nSPS) is 11.3. The number of hydrogen-bond donors (Lipinski definition) is 1. The van der Waals surface area contributed by atoms with Crippen LogP contribution in [0.5, 0.6) is 11.5 Å². The van der Waals surface area contributed by atoms with Gasteiger partial charge in [0, 0.05) is 6.07 Å². The molecule has 0 fully saturated rings. The minimum absolute atomic E-state index is 0.0977. The predicted molar refractivity (Wildman–Crippen MR) is 104 cm³/mol. The monoisotopic (exact) mass is 402 g/mol. The number of methoxy groups -OCH3 is 2. The van der Waals surface area contributed by atoms with Crippen LogP contribution in [0.2, 0.25) is 0 Å². The van der Waals surface area contributed by atoms with Crippen molar-refractivity contribution in [1.29, 1.82) is 0 Å². The molecule has 9 nitrogen and oxygen atoms in total. The van der Waals surface area contributed by atoms with Gasteiger partial charge in [-0.25, -0.2) is 4.79 Å². The van der Waals surface area contributed by atoms with Crippen LogP contribution >= 0.6 is 0 Å². The van der Waals surface area contributed by atoms with E-state index in [-0.39, 0.29) is 23.1 Å². The second kappa shape index (κ2) is 9.54. The first-order valence-corrected chi connectivity index (χ1v) is 8.70. The van der Waals surface area contributed by atoms with Crippen molar-refractivity contribution in [2.24, 2.45) is 0 Å². The van der Waals surface area contributed by atoms with Crippen LogP contribution in [-0.4, -0.2) is 37.6 Å². The van der Waals surface area contributed by atoms with Gasteiger partial charge < -0.3 is 19.5 Å². The summed E-state index contributed by atoms with van der Waals surface area (Å²) >= 11 is 0. The zero-order valence-electron chi connectivity index (χ0n) is 16.6. The van der Waals surface area contributed by atoms with E-state index in [1.807, 2.05) is 31.2 Å². The lowest BCUT2D eigenvalue weighted by atomic mass is 10.0. The molecule has 1 atom stereocenters. The van der Waals surface area contributed by atoms with Crippen molar-refractivity contribution >= 4 is 17.6 Å². The maximum Gasteiger partial charge on any atom is 0.345 e. The van der Waals surface area contributed by atoms with E-state index >= 15 is 0 Å². The number of ether oxygens (including phenoxy) is 3. The third kappa shape index (κ3) is 5.22. The first-order chi connectivity index (χ1) is 13.8. The summed E-state index contributed by atoms with van der Waals surface area (Å²) in [6.07, 6.45) is 0. The molecule has 2 aromatic rings. The summed E-state index contributed by atoms with van der Waals surface area (Å²) in [7, 11) is 2.65. The number of aryl methyl sites for hydroxylation is 1. The van der Waals surface area contributed by atoms with Gasteiger partial charge in [0.1, 0.15) is 5.56 Å². The molecule has 0 saturated heterocycles. The molecule has 0 bridgehead atoms. The van der Waals surface area contributed by atoms with Crippen molar-refractivity contribution in [1.82, 2.24) is 5.32 Å². The van der Waals surface area contributed by atoms with E-state index in [2.05, 4.69) is 5.32 Å². The highest BCUT2D eigenvalue weighted by Gasteiger charge is 2.26. The number of benzene rings is 2. The Kier molecular flexibility index (Phi) is 7.13. The lowest BCUT2D eigenvalue weighted by Crippen LogP contribution is -2.31. The molecule has 0 heterocycles. The van der Waals surface area contributed by atoms with E-state index < -0.39 is 29.1 Å². The van der Waals surface area contributed by atoms with E-state index in [9.17, 15) is 19.7 Å². The summed E-state index contributed by atoms with van der Waals surface area (Å²) in [5.74, 6) is -1.32. The van der Waals surface area contributed by atoms with Gasteiger partial charge in [-0.3, -0.25) is 14.9 Å². The lowest BCUT2D eigenvalue weighted by molar-refractivity contribution is -0.385. The highest BCUT2D eigenvalue weighted by atomic mass is 16.6. The molecular weight excluding hydrogens is 380 g/mol. The number of esters is 1. The van der Waals surface area contributed by atoms with Crippen LogP contribution < -0.4 is 14.8 Å². The molecular formula is C20H22N2O7. The van der Waals surface area contributed by atoms with Gasteiger partial charge in [-0.05, 0) is 25.0 Å². The van der Waals surface area contributed by atoms with E-state index in [4.69, 9.17) is 14.2 Å². The third-order valence-corrected chi connectivity index (χ3v) is 4.29. The highest BCUT2D eigenvalue weighted by molar-refractivity contribution is 5.96. The maximum absolute atomic E-state index is 12.3. The van der Waals surface area contributed by atoms with Crippen molar-refractivity contribution in [2.45, 2.75) is 19.9 Å². The first-order valence-electron chi connectivity index (χ1n) is 8.70. The molecule has 0 aromatic heterocycles. The molecule has 2 rings (SSSR count). The molecule has 0 aliphatic carbocycles. The summed E-state index contributed by atoms with van der Waals surface area (Å²) in [6.45, 7) is 3.15. The zero-order valence-corrected chi connectivity index (χ0v) is 16.6. The van der Waals surface area contributed by atoms with Crippen LogP contribution in [0, 0.1) is 17.0 Å². The summed E-state index contributed by atoms with van der Waals surface area (Å²) in [5.41, 5.74) is 1.09. The molecule has 2 aromatic carbocycles. The van der Waals surface area contributed by atoms with E-state index in [0.29, 0.717) is 0 Å². The average Bonchev–Trinajstić information content (AvgIpc) is 2.70. The van der Waals surface area contributed by atoms with Crippen LogP contribution in [-0.2, 0) is 9.53 Å². The number of rotatable bonds is 8. The molecule has 1 N–H and O–H groups in total. The van der Waals surface area contributed by atoms with Crippen molar-refractivity contribution in [3.05, 3.63) is 63.2 Å². The second-order valence-electron chi connectivity index (χ2n) is 6.20. The molecule has 1 unspecified atom stereocenters. The topological polar surface area (TPSA) is 117 Å². The molecule has 0 spiro atoms. The van der Waals surface area contributed by atoms with Crippen molar-refractivity contribution in [2.75, 3.05) is 20.8 Å². The fourth-order valence-electron chi connectivity index (χ4n) is 2.83. The number of nitro benzene ring substituents is 1. The fourth-order valence-corrected chi connectivity index (χ4v) is 2.83. The van der Waals surface area contributed by atoms with Crippen molar-refractivity contribution in [3.8, 4) is 11.5 Å². The van der Waals surface area contributed by atoms with Crippen LogP contribution in [0.25, 0.3) is 0 Å². The van der Waals surface area contributed by atoms with E-state index in [0.717, 1.165) is 23.3 Å². The number of carbonyl (C=O) groups excluding carboxylic acids is 2. The average molecular weight is 402 g/mol. The zero-order chi connectivity index (χ0) is 21.6. The maximum atomic E-state index is 12.3. The smallest absolute Gasteiger partial charge is 0.345 e. The van der Waals surface area contributed by atoms with E-state index in [1.165, 1.54) is 14.2 Å². The van der Waals surface area contributed by atoms with Gasteiger partial charge in [-0.2, -0.15) is 0 Å². The molecule has 0 radical (unpaired) electrons. The Morgan fingerprint density at radius 3 is 2.34 bits per heavy atom. The molecule has 0 saturated carbocycles. The van der Waals surface area contributed by atoms with Crippen molar-refractivity contribution < 1.29 is 28.7 Å². The quantitative estimate of drug-likeness (QED) is 0.410. The van der Waals surface area contributed by atoms with Crippen molar-refractivity contribution in [3.63, 3.8) is 0 Å². The van der Waals surface area contributed by atoms with Gasteiger partial charge in [-0.15, -0.1) is 0 Å². The van der Waals surface area contributed by atoms with Gasteiger partial charge in [0.05, 0.1) is 31.3 Å². The minimum Gasteiger partial charge on any atom is -0.493 e. The summed E-state index contributed by atoms with van der Waals surface area (Å²) in [4.78, 5) is 35.0. The lowest BCUT2D eigenvalue weighted by Gasteiger charge is -2.16. The molecule has 9 heteroatoms. The molecule has 0 aliphatic heterocycles. The predicted octanol–water partition coefficient (Wildman–Crippen LogP) is 2.95. The van der Waals surface area contributed by atoms with Gasteiger partial charge in [0.15, 0.2) is 18.1 Å². The number of amides is 1. The van der Waals surface area contributed by atoms with Gasteiger partial charge in [-0.1, -0.05) is 24.3 Å². The Balaban J connectivity index is 2.09. The Bertz CT molecular complexity index is 927. The molecule has 0 aliphatic rings. The van der Waals surface area contributed by atoms with Crippen LogP contribution in [0.4, 0.5) is 5.69 Å². The Morgan fingerprint density at radius 1 is 1.14 bits per heavy atom. The minimum atomic E-state index is -1.02. The summed E-state index contributed by atoms with van der Waals surface area (Å²) in [5, 5.41) is 14.0. The van der Waals surface area contributed by atoms with Crippen LogP contribution in [0.15, 0.2) is 36.4 Å². The van der Waals surface area contributed by atoms with Gasteiger partial charge in [0.2, 0.25) is 0 Å². The molecule has 154 valence electrons. The number of nitrogens with zero attached hydrogens (tertiary/aromatic N) is 1. The number of nitro groups is 1. The van der Waals surface area contributed by atoms with Gasteiger partial charge in [0.25, 0.3) is 11.6 Å². The molecule has 1 amide bonds. The van der Waals surface area contributed by atoms with Crippen LogP contribution in [0.1, 0.15) is 34.5 Å². The Labute approximate surface area is 167 Å². The van der Waals surface area contributed by atoms with Crippen LogP contribution in [0.3, 0.4) is 0 Å². The first kappa shape index (κ1) is 21.7. The summed E-state index contributed by atoms with van der Waals surface area (Å²) in [6, 6.07) is 9.49. The second-order valence-corrected chi connectivity index (χ2v) is 6.20. The molecule has 29 heavy (non-hydrogen) atoms. The number of nitrogens with one attached hydrogen (secondary N) is 1. The fraction of sp³-hybridized carbons (Fsp3) is 0.300.